The highest BCUT2D eigenvalue weighted by Crippen LogP contribution is 2.23. The summed E-state index contributed by atoms with van der Waals surface area (Å²) in [5.74, 6) is 1.92. The van der Waals surface area contributed by atoms with E-state index in [4.69, 9.17) is 4.74 Å². The van der Waals surface area contributed by atoms with Crippen molar-refractivity contribution in [3.05, 3.63) is 12.1 Å². The summed E-state index contributed by atoms with van der Waals surface area (Å²) < 4.78 is 4.92. The molecule has 1 aromatic rings. The Bertz CT molecular complexity index is 542. The molecule has 0 spiro atoms. The lowest BCUT2D eigenvalue weighted by Crippen LogP contribution is -2.50. The zero-order valence-corrected chi connectivity index (χ0v) is 14.6. The molecular formula is C17H27N5O2. The highest BCUT2D eigenvalue weighted by Gasteiger charge is 2.23. The van der Waals surface area contributed by atoms with E-state index in [0.717, 1.165) is 31.3 Å². The maximum absolute atomic E-state index is 11.8. The molecule has 0 unspecified atom stereocenters. The van der Waals surface area contributed by atoms with E-state index in [0.29, 0.717) is 19.1 Å². The van der Waals surface area contributed by atoms with E-state index in [1.165, 1.54) is 19.3 Å². The average molecular weight is 333 g/mol. The van der Waals surface area contributed by atoms with Gasteiger partial charge in [-0.15, -0.1) is 10.2 Å². The van der Waals surface area contributed by atoms with Crippen LogP contribution in [-0.2, 0) is 9.53 Å². The number of aromatic nitrogens is 2. The topological polar surface area (TPSA) is 61.8 Å². The van der Waals surface area contributed by atoms with Crippen LogP contribution in [0.4, 0.5) is 11.6 Å². The number of amides is 1. The molecule has 0 aromatic carbocycles. The van der Waals surface area contributed by atoms with Gasteiger partial charge in [-0.3, -0.25) is 4.79 Å². The largest absolute Gasteiger partial charge is 0.375 e. The van der Waals surface area contributed by atoms with Crippen molar-refractivity contribution in [3.8, 4) is 0 Å². The lowest BCUT2D eigenvalue weighted by molar-refractivity contribution is -0.135. The minimum absolute atomic E-state index is 0.0534. The van der Waals surface area contributed by atoms with Crippen molar-refractivity contribution in [3.63, 3.8) is 0 Å². The average Bonchev–Trinajstić information content (AvgIpc) is 2.63. The molecule has 3 rings (SSSR count). The van der Waals surface area contributed by atoms with Gasteiger partial charge in [-0.2, -0.15) is 0 Å². The third-order valence-electron chi connectivity index (χ3n) is 4.96. The van der Waals surface area contributed by atoms with Gasteiger partial charge in [0.2, 0.25) is 5.91 Å². The Balaban J connectivity index is 1.57. The van der Waals surface area contributed by atoms with Crippen LogP contribution >= 0.6 is 0 Å². The van der Waals surface area contributed by atoms with Crippen LogP contribution in [0.2, 0.25) is 0 Å². The summed E-state index contributed by atoms with van der Waals surface area (Å²) in [7, 11) is 1.55. The Morgan fingerprint density at radius 1 is 1.12 bits per heavy atom. The number of carbonyl (C=O) groups is 1. The van der Waals surface area contributed by atoms with E-state index in [1.54, 1.807) is 7.11 Å². The minimum Gasteiger partial charge on any atom is -0.375 e. The molecule has 3 heterocycles. The molecule has 2 fully saturated rings. The predicted molar refractivity (Wildman–Crippen MR) is 93.4 cm³/mol. The van der Waals surface area contributed by atoms with Gasteiger partial charge in [0.05, 0.1) is 0 Å². The Hall–Kier alpha value is -1.89. The summed E-state index contributed by atoms with van der Waals surface area (Å²) in [4.78, 5) is 18.2. The van der Waals surface area contributed by atoms with Crippen LogP contribution in [0.1, 0.15) is 26.2 Å². The van der Waals surface area contributed by atoms with Crippen molar-refractivity contribution in [2.24, 2.45) is 0 Å². The standard InChI is InChI=1S/C17H27N5O2/c1-14-5-3-4-8-22(14)16-7-6-15(18-19-16)20-9-11-21(12-10-20)17(23)13-24-2/h6-7,14H,3-5,8-13H2,1-2H3/t14-/m1/s1. The smallest absolute Gasteiger partial charge is 0.248 e. The fraction of sp³-hybridized carbons (Fsp3) is 0.706. The number of hydrogen-bond acceptors (Lipinski definition) is 6. The molecule has 24 heavy (non-hydrogen) atoms. The summed E-state index contributed by atoms with van der Waals surface area (Å²) in [5.41, 5.74) is 0. The van der Waals surface area contributed by atoms with Crippen LogP contribution in [0.3, 0.4) is 0 Å². The van der Waals surface area contributed by atoms with Crippen molar-refractivity contribution < 1.29 is 9.53 Å². The van der Waals surface area contributed by atoms with Crippen molar-refractivity contribution in [1.82, 2.24) is 15.1 Å². The molecular weight excluding hydrogens is 306 g/mol. The van der Waals surface area contributed by atoms with Crippen LogP contribution in [-0.4, -0.2) is 73.5 Å². The Morgan fingerprint density at radius 2 is 1.83 bits per heavy atom. The molecule has 2 aliphatic heterocycles. The molecule has 0 saturated carbocycles. The second-order valence-corrected chi connectivity index (χ2v) is 6.59. The number of nitrogens with zero attached hydrogens (tertiary/aromatic N) is 5. The molecule has 2 aliphatic rings. The summed E-state index contributed by atoms with van der Waals surface area (Å²) in [6.07, 6.45) is 3.75. The first-order chi connectivity index (χ1) is 11.7. The highest BCUT2D eigenvalue weighted by atomic mass is 16.5. The summed E-state index contributed by atoms with van der Waals surface area (Å²) in [5, 5.41) is 8.87. The van der Waals surface area contributed by atoms with Gasteiger partial charge in [0.15, 0.2) is 11.6 Å². The SMILES string of the molecule is COCC(=O)N1CCN(c2ccc(N3CCCC[C@H]3C)nn2)CC1. The van der Waals surface area contributed by atoms with Crippen molar-refractivity contribution >= 4 is 17.5 Å². The van der Waals surface area contributed by atoms with E-state index in [1.807, 2.05) is 4.90 Å². The van der Waals surface area contributed by atoms with E-state index in [2.05, 4.69) is 39.1 Å². The zero-order valence-electron chi connectivity index (χ0n) is 14.6. The first-order valence-electron chi connectivity index (χ1n) is 8.81. The number of carbonyl (C=O) groups excluding carboxylic acids is 1. The summed E-state index contributed by atoms with van der Waals surface area (Å²) >= 11 is 0. The monoisotopic (exact) mass is 333 g/mol. The highest BCUT2D eigenvalue weighted by molar-refractivity contribution is 5.77. The lowest BCUT2D eigenvalue weighted by atomic mass is 10.0. The number of piperidine rings is 1. The molecule has 7 nitrogen and oxygen atoms in total. The molecule has 0 N–H and O–H groups in total. The van der Waals surface area contributed by atoms with Gasteiger partial charge in [-0.1, -0.05) is 0 Å². The lowest BCUT2D eigenvalue weighted by Gasteiger charge is -2.36. The van der Waals surface area contributed by atoms with Crippen LogP contribution in [0, 0.1) is 0 Å². The summed E-state index contributed by atoms with van der Waals surface area (Å²) in [6, 6.07) is 4.66. The molecule has 7 heteroatoms. The van der Waals surface area contributed by atoms with E-state index >= 15 is 0 Å². The molecule has 1 amide bonds. The summed E-state index contributed by atoms with van der Waals surface area (Å²) in [6.45, 7) is 6.44. The van der Waals surface area contributed by atoms with Crippen molar-refractivity contribution in [2.45, 2.75) is 32.2 Å². The number of methoxy groups -OCH3 is 1. The van der Waals surface area contributed by atoms with Crippen LogP contribution in [0.25, 0.3) is 0 Å². The molecule has 1 aromatic heterocycles. The molecule has 0 bridgehead atoms. The van der Waals surface area contributed by atoms with Crippen molar-refractivity contribution in [2.75, 3.05) is 56.2 Å². The van der Waals surface area contributed by atoms with E-state index in [9.17, 15) is 4.79 Å². The third kappa shape index (κ3) is 3.77. The Morgan fingerprint density at radius 3 is 2.46 bits per heavy atom. The van der Waals surface area contributed by atoms with Gasteiger partial charge in [-0.05, 0) is 38.3 Å². The van der Waals surface area contributed by atoms with Gasteiger partial charge in [0, 0.05) is 45.9 Å². The van der Waals surface area contributed by atoms with Crippen LogP contribution in [0.15, 0.2) is 12.1 Å². The van der Waals surface area contributed by atoms with E-state index < -0.39 is 0 Å². The zero-order chi connectivity index (χ0) is 16.9. The fourth-order valence-electron chi connectivity index (χ4n) is 3.48. The first kappa shape index (κ1) is 17.0. The number of rotatable bonds is 4. The molecule has 132 valence electrons. The molecule has 2 saturated heterocycles. The second-order valence-electron chi connectivity index (χ2n) is 6.59. The van der Waals surface area contributed by atoms with Gasteiger partial charge < -0.3 is 19.4 Å². The first-order valence-corrected chi connectivity index (χ1v) is 8.81. The molecule has 0 radical (unpaired) electrons. The van der Waals surface area contributed by atoms with Crippen molar-refractivity contribution in [1.29, 1.82) is 0 Å². The number of hydrogen-bond donors (Lipinski definition) is 0. The predicted octanol–water partition coefficient (Wildman–Crippen LogP) is 1.15. The van der Waals surface area contributed by atoms with Crippen LogP contribution in [0.5, 0.6) is 0 Å². The normalized spacial score (nSPS) is 21.9. The number of anilines is 2. The number of ether oxygens (including phenoxy) is 1. The van der Waals surface area contributed by atoms with Gasteiger partial charge in [0.25, 0.3) is 0 Å². The quantitative estimate of drug-likeness (QED) is 0.824. The van der Waals surface area contributed by atoms with Gasteiger partial charge in [0.1, 0.15) is 6.61 Å². The third-order valence-corrected chi connectivity index (χ3v) is 4.96. The minimum atomic E-state index is 0.0534. The fourth-order valence-corrected chi connectivity index (χ4v) is 3.48. The maximum atomic E-state index is 11.8. The maximum Gasteiger partial charge on any atom is 0.248 e. The Kier molecular flexibility index (Phi) is 5.50. The molecule has 0 aliphatic carbocycles. The van der Waals surface area contributed by atoms with E-state index in [-0.39, 0.29) is 12.5 Å². The number of piperazine rings is 1. The Labute approximate surface area is 143 Å². The van der Waals surface area contributed by atoms with Gasteiger partial charge >= 0.3 is 0 Å². The molecule has 1 atom stereocenters. The van der Waals surface area contributed by atoms with Gasteiger partial charge in [-0.25, -0.2) is 0 Å². The second kappa shape index (κ2) is 7.79. The van der Waals surface area contributed by atoms with Crippen LogP contribution < -0.4 is 9.80 Å².